The molecule has 4 heteroatoms. The topological polar surface area (TPSA) is 44.5 Å². The molecule has 14 heavy (non-hydrogen) atoms. The van der Waals surface area contributed by atoms with E-state index in [0.717, 1.165) is 5.56 Å². The van der Waals surface area contributed by atoms with Crippen molar-refractivity contribution in [3.63, 3.8) is 0 Å². The predicted octanol–water partition coefficient (Wildman–Crippen LogP) is 1.10. The third-order valence-corrected chi connectivity index (χ3v) is 2.09. The first-order valence-corrected chi connectivity index (χ1v) is 4.59. The summed E-state index contributed by atoms with van der Waals surface area (Å²) in [5, 5.41) is 0. The number of fused-ring (bicyclic) bond motifs is 1. The van der Waals surface area contributed by atoms with Crippen LogP contribution in [0.4, 0.5) is 4.39 Å². The molecule has 0 amide bonds. The molecule has 0 unspecified atom stereocenters. The van der Waals surface area contributed by atoms with Crippen LogP contribution in [-0.2, 0) is 6.42 Å². The Labute approximate surface area is 81.6 Å². The molecule has 0 atom stereocenters. The molecule has 76 valence electrons. The van der Waals surface area contributed by atoms with E-state index in [4.69, 9.17) is 15.2 Å². The van der Waals surface area contributed by atoms with Gasteiger partial charge in [0.2, 0.25) is 0 Å². The van der Waals surface area contributed by atoms with Gasteiger partial charge in [0.15, 0.2) is 17.3 Å². The number of ether oxygens (including phenoxy) is 2. The molecular formula is C10H12FNO2. The molecule has 0 bridgehead atoms. The largest absolute Gasteiger partial charge is 0.486 e. The summed E-state index contributed by atoms with van der Waals surface area (Å²) in [6.07, 6.45) is 0.646. The van der Waals surface area contributed by atoms with Gasteiger partial charge < -0.3 is 15.2 Å². The lowest BCUT2D eigenvalue weighted by molar-refractivity contribution is 0.164. The van der Waals surface area contributed by atoms with Crippen molar-refractivity contribution in [1.82, 2.24) is 0 Å². The maximum absolute atomic E-state index is 13.4. The second-order valence-corrected chi connectivity index (χ2v) is 3.14. The highest BCUT2D eigenvalue weighted by Gasteiger charge is 2.17. The monoisotopic (exact) mass is 197 g/mol. The van der Waals surface area contributed by atoms with Gasteiger partial charge in [0.05, 0.1) is 0 Å². The molecule has 1 heterocycles. The lowest BCUT2D eigenvalue weighted by Crippen LogP contribution is -2.17. The second kappa shape index (κ2) is 3.84. The molecular weight excluding hydrogens is 185 g/mol. The number of halogens is 1. The molecule has 2 N–H and O–H groups in total. The van der Waals surface area contributed by atoms with E-state index in [9.17, 15) is 4.39 Å². The quantitative estimate of drug-likeness (QED) is 0.772. The Kier molecular flexibility index (Phi) is 2.54. The number of rotatable bonds is 2. The Hall–Kier alpha value is -1.29. The van der Waals surface area contributed by atoms with Crippen LogP contribution in [0, 0.1) is 5.82 Å². The van der Waals surface area contributed by atoms with E-state index in [1.54, 1.807) is 6.07 Å². The highest BCUT2D eigenvalue weighted by atomic mass is 19.1. The van der Waals surface area contributed by atoms with Crippen LogP contribution in [0.2, 0.25) is 0 Å². The van der Waals surface area contributed by atoms with Crippen LogP contribution in [-0.4, -0.2) is 19.8 Å². The predicted molar refractivity (Wildman–Crippen MR) is 50.1 cm³/mol. The van der Waals surface area contributed by atoms with Gasteiger partial charge >= 0.3 is 0 Å². The minimum Gasteiger partial charge on any atom is -0.486 e. The first-order valence-electron chi connectivity index (χ1n) is 4.59. The van der Waals surface area contributed by atoms with Gasteiger partial charge in [-0.1, -0.05) is 0 Å². The van der Waals surface area contributed by atoms with E-state index in [1.807, 2.05) is 0 Å². The van der Waals surface area contributed by atoms with E-state index in [1.165, 1.54) is 6.07 Å². The molecule has 1 aliphatic heterocycles. The first-order chi connectivity index (χ1) is 6.81. The van der Waals surface area contributed by atoms with E-state index < -0.39 is 0 Å². The Morgan fingerprint density at radius 2 is 2.07 bits per heavy atom. The summed E-state index contributed by atoms with van der Waals surface area (Å²) in [6.45, 7) is 1.37. The highest BCUT2D eigenvalue weighted by Crippen LogP contribution is 2.33. The normalized spacial score (nSPS) is 14.1. The SMILES string of the molecule is NCCc1cc(F)c2c(c1)OCCO2. The van der Waals surface area contributed by atoms with E-state index in [0.29, 0.717) is 31.9 Å². The molecule has 0 fully saturated rings. The zero-order valence-electron chi connectivity index (χ0n) is 7.75. The summed E-state index contributed by atoms with van der Waals surface area (Å²) in [4.78, 5) is 0. The third-order valence-electron chi connectivity index (χ3n) is 2.09. The molecule has 2 rings (SSSR count). The minimum absolute atomic E-state index is 0.219. The smallest absolute Gasteiger partial charge is 0.197 e. The zero-order chi connectivity index (χ0) is 9.97. The summed E-state index contributed by atoms with van der Waals surface area (Å²) in [5.41, 5.74) is 6.23. The summed E-state index contributed by atoms with van der Waals surface area (Å²) < 4.78 is 23.9. The molecule has 1 aromatic rings. The van der Waals surface area contributed by atoms with Gasteiger partial charge in [0, 0.05) is 0 Å². The van der Waals surface area contributed by atoms with Gasteiger partial charge in [0.25, 0.3) is 0 Å². The van der Waals surface area contributed by atoms with Gasteiger partial charge in [-0.2, -0.15) is 0 Å². The maximum Gasteiger partial charge on any atom is 0.197 e. The Morgan fingerprint density at radius 1 is 1.29 bits per heavy atom. The van der Waals surface area contributed by atoms with Crippen LogP contribution in [0.5, 0.6) is 11.5 Å². The van der Waals surface area contributed by atoms with Crippen molar-refractivity contribution in [1.29, 1.82) is 0 Å². The van der Waals surface area contributed by atoms with Crippen molar-refractivity contribution < 1.29 is 13.9 Å². The van der Waals surface area contributed by atoms with Crippen molar-refractivity contribution in [2.24, 2.45) is 5.73 Å². The number of nitrogens with two attached hydrogens (primary N) is 1. The molecule has 0 aromatic heterocycles. The molecule has 0 radical (unpaired) electrons. The summed E-state index contributed by atoms with van der Waals surface area (Å²) in [5.74, 6) is 0.336. The zero-order valence-corrected chi connectivity index (χ0v) is 7.75. The van der Waals surface area contributed by atoms with Crippen molar-refractivity contribution in [3.8, 4) is 11.5 Å². The van der Waals surface area contributed by atoms with Gasteiger partial charge in [-0.15, -0.1) is 0 Å². The van der Waals surface area contributed by atoms with Crippen molar-refractivity contribution in [2.45, 2.75) is 6.42 Å². The maximum atomic E-state index is 13.4. The van der Waals surface area contributed by atoms with Crippen LogP contribution >= 0.6 is 0 Å². The number of benzene rings is 1. The fourth-order valence-electron chi connectivity index (χ4n) is 1.48. The summed E-state index contributed by atoms with van der Waals surface area (Å²) in [6, 6.07) is 3.23. The van der Waals surface area contributed by atoms with Crippen LogP contribution in [0.1, 0.15) is 5.56 Å². The fraction of sp³-hybridized carbons (Fsp3) is 0.400. The lowest BCUT2D eigenvalue weighted by Gasteiger charge is -2.19. The average Bonchev–Trinajstić information content (AvgIpc) is 2.18. The van der Waals surface area contributed by atoms with Gasteiger partial charge in [0.1, 0.15) is 13.2 Å². The van der Waals surface area contributed by atoms with Crippen molar-refractivity contribution in [3.05, 3.63) is 23.5 Å². The Morgan fingerprint density at radius 3 is 2.86 bits per heavy atom. The minimum atomic E-state index is -0.370. The molecule has 3 nitrogen and oxygen atoms in total. The van der Waals surface area contributed by atoms with Gasteiger partial charge in [-0.25, -0.2) is 4.39 Å². The van der Waals surface area contributed by atoms with E-state index in [-0.39, 0.29) is 11.6 Å². The van der Waals surface area contributed by atoms with E-state index >= 15 is 0 Å². The Balaban J connectivity index is 2.36. The van der Waals surface area contributed by atoms with Crippen LogP contribution in [0.25, 0.3) is 0 Å². The van der Waals surface area contributed by atoms with Crippen molar-refractivity contribution >= 4 is 0 Å². The van der Waals surface area contributed by atoms with Crippen LogP contribution in [0.3, 0.4) is 0 Å². The molecule has 0 saturated heterocycles. The highest BCUT2D eigenvalue weighted by molar-refractivity contribution is 5.45. The van der Waals surface area contributed by atoms with Gasteiger partial charge in [-0.05, 0) is 30.7 Å². The lowest BCUT2D eigenvalue weighted by atomic mass is 10.1. The molecule has 0 spiro atoms. The summed E-state index contributed by atoms with van der Waals surface area (Å²) >= 11 is 0. The second-order valence-electron chi connectivity index (χ2n) is 3.14. The Bertz CT molecular complexity index is 341. The first kappa shape index (κ1) is 9.27. The van der Waals surface area contributed by atoms with E-state index in [2.05, 4.69) is 0 Å². The number of hydrogen-bond acceptors (Lipinski definition) is 3. The third kappa shape index (κ3) is 1.65. The van der Waals surface area contributed by atoms with Crippen LogP contribution < -0.4 is 15.2 Å². The molecule has 1 aromatic carbocycles. The van der Waals surface area contributed by atoms with Crippen LogP contribution in [0.15, 0.2) is 12.1 Å². The average molecular weight is 197 g/mol. The molecule has 1 aliphatic rings. The number of hydrogen-bond donors (Lipinski definition) is 1. The van der Waals surface area contributed by atoms with Gasteiger partial charge in [-0.3, -0.25) is 0 Å². The molecule has 0 aliphatic carbocycles. The fourth-order valence-corrected chi connectivity index (χ4v) is 1.48. The summed E-state index contributed by atoms with van der Waals surface area (Å²) in [7, 11) is 0. The van der Waals surface area contributed by atoms with Crippen molar-refractivity contribution in [2.75, 3.05) is 19.8 Å². The standard InChI is InChI=1S/C10H12FNO2/c11-8-5-7(1-2-12)6-9-10(8)14-4-3-13-9/h5-6H,1-4,12H2. The molecule has 0 saturated carbocycles.